The summed E-state index contributed by atoms with van der Waals surface area (Å²) in [5.41, 5.74) is 2.41. The smallest absolute Gasteiger partial charge is 0.253 e. The second-order valence-corrected chi connectivity index (χ2v) is 7.26. The summed E-state index contributed by atoms with van der Waals surface area (Å²) in [6.07, 6.45) is -0.107. The third kappa shape index (κ3) is 3.07. The van der Waals surface area contributed by atoms with Crippen molar-refractivity contribution in [3.63, 3.8) is 0 Å². The van der Waals surface area contributed by atoms with Gasteiger partial charge in [0.1, 0.15) is 0 Å². The van der Waals surface area contributed by atoms with Crippen molar-refractivity contribution in [3.05, 3.63) is 65.2 Å². The van der Waals surface area contributed by atoms with E-state index in [1.165, 1.54) is 0 Å². The first-order chi connectivity index (χ1) is 11.1. The third-order valence-corrected chi connectivity index (χ3v) is 5.50. The molecule has 3 rings (SSSR count). The normalized spacial score (nSPS) is 20.8. The lowest BCUT2D eigenvalue weighted by molar-refractivity contribution is 0.0855. The van der Waals surface area contributed by atoms with E-state index in [0.29, 0.717) is 22.6 Å². The van der Waals surface area contributed by atoms with Crippen LogP contribution in [0, 0.1) is 0 Å². The molecule has 0 unspecified atom stereocenters. The summed E-state index contributed by atoms with van der Waals surface area (Å²) in [5.74, 6) is 0.155. The van der Waals surface area contributed by atoms with Crippen LogP contribution in [-0.2, 0) is 17.2 Å². The molecule has 1 aliphatic rings. The first kappa shape index (κ1) is 15.9. The highest BCUT2D eigenvalue weighted by molar-refractivity contribution is 7.85. The molecule has 2 aromatic carbocycles. The van der Waals surface area contributed by atoms with Crippen molar-refractivity contribution >= 4 is 16.7 Å². The van der Waals surface area contributed by atoms with Crippen LogP contribution >= 0.6 is 0 Å². The van der Waals surface area contributed by atoms with Crippen molar-refractivity contribution in [2.45, 2.75) is 30.4 Å². The molecule has 1 amide bonds. The molecule has 0 aliphatic heterocycles. The summed E-state index contributed by atoms with van der Waals surface area (Å²) < 4.78 is 12.1. The Kier molecular flexibility index (Phi) is 4.59. The van der Waals surface area contributed by atoms with E-state index in [2.05, 4.69) is 5.32 Å². The van der Waals surface area contributed by atoms with Crippen molar-refractivity contribution in [1.82, 2.24) is 5.32 Å². The summed E-state index contributed by atoms with van der Waals surface area (Å²) in [6, 6.07) is 14.2. The van der Waals surface area contributed by atoms with Gasteiger partial charge in [0.2, 0.25) is 0 Å². The van der Waals surface area contributed by atoms with E-state index in [0.717, 1.165) is 11.1 Å². The van der Waals surface area contributed by atoms with Crippen LogP contribution in [0.3, 0.4) is 0 Å². The van der Waals surface area contributed by atoms with Gasteiger partial charge in [-0.25, -0.2) is 0 Å². The van der Waals surface area contributed by atoms with Crippen LogP contribution in [-0.4, -0.2) is 27.1 Å². The highest BCUT2D eigenvalue weighted by atomic mass is 32.2. The third-order valence-electron chi connectivity index (χ3n) is 4.13. The molecule has 2 aromatic rings. The zero-order valence-corrected chi connectivity index (χ0v) is 13.7. The van der Waals surface area contributed by atoms with E-state index in [1.807, 2.05) is 31.2 Å². The van der Waals surface area contributed by atoms with E-state index >= 15 is 0 Å². The zero-order valence-electron chi connectivity index (χ0n) is 12.9. The molecule has 5 heteroatoms. The number of hydrogen-bond acceptors (Lipinski definition) is 3. The molecular formula is C18H19NO3S. The van der Waals surface area contributed by atoms with Gasteiger partial charge in [0.05, 0.1) is 33.4 Å². The number of nitrogens with one attached hydrogen (secondary N) is 1. The van der Waals surface area contributed by atoms with Crippen molar-refractivity contribution in [2.24, 2.45) is 0 Å². The summed E-state index contributed by atoms with van der Waals surface area (Å²) in [5, 5.41) is 13.2. The Hall–Kier alpha value is -1.98. The number of hydrogen-bond donors (Lipinski definition) is 2. The van der Waals surface area contributed by atoms with Crippen LogP contribution in [0.1, 0.15) is 34.5 Å². The fourth-order valence-corrected chi connectivity index (χ4v) is 3.92. The molecule has 23 heavy (non-hydrogen) atoms. The Labute approximate surface area is 138 Å². The number of aliphatic hydroxyl groups is 1. The lowest BCUT2D eigenvalue weighted by atomic mass is 10.1. The first-order valence-electron chi connectivity index (χ1n) is 7.66. The van der Waals surface area contributed by atoms with Gasteiger partial charge in [-0.05, 0) is 23.3 Å². The molecule has 0 saturated heterocycles. The van der Waals surface area contributed by atoms with E-state index < -0.39 is 22.9 Å². The van der Waals surface area contributed by atoms with Crippen LogP contribution in [0.2, 0.25) is 0 Å². The van der Waals surface area contributed by atoms with Crippen LogP contribution in [0.5, 0.6) is 0 Å². The minimum Gasteiger partial charge on any atom is -0.390 e. The number of carbonyl (C=O) groups excluding carboxylic acids is 1. The number of rotatable bonds is 4. The summed E-state index contributed by atoms with van der Waals surface area (Å²) >= 11 is 0. The maximum Gasteiger partial charge on any atom is 0.253 e. The van der Waals surface area contributed by atoms with Gasteiger partial charge in [-0.3, -0.25) is 9.00 Å². The highest BCUT2D eigenvalue weighted by Gasteiger charge is 2.32. The molecule has 0 aromatic heterocycles. The van der Waals surface area contributed by atoms with E-state index in [9.17, 15) is 14.1 Å². The quantitative estimate of drug-likeness (QED) is 0.904. The Morgan fingerprint density at radius 2 is 1.91 bits per heavy atom. The van der Waals surface area contributed by atoms with Crippen molar-refractivity contribution in [3.8, 4) is 0 Å². The molecular weight excluding hydrogens is 310 g/mol. The van der Waals surface area contributed by atoms with Crippen LogP contribution in [0.4, 0.5) is 0 Å². The zero-order chi connectivity index (χ0) is 16.4. The fraction of sp³-hybridized carbons (Fsp3) is 0.278. The Morgan fingerprint density at radius 3 is 2.70 bits per heavy atom. The van der Waals surface area contributed by atoms with Gasteiger partial charge in [-0.1, -0.05) is 43.3 Å². The summed E-state index contributed by atoms with van der Waals surface area (Å²) in [7, 11) is -1.20. The molecule has 2 N–H and O–H groups in total. The largest absolute Gasteiger partial charge is 0.390 e. The van der Waals surface area contributed by atoms with Gasteiger partial charge < -0.3 is 10.4 Å². The average Bonchev–Trinajstić information content (AvgIpc) is 2.90. The molecule has 0 spiro atoms. The van der Waals surface area contributed by atoms with Crippen molar-refractivity contribution in [2.75, 3.05) is 5.75 Å². The van der Waals surface area contributed by atoms with Crippen LogP contribution in [0.25, 0.3) is 0 Å². The van der Waals surface area contributed by atoms with Crippen molar-refractivity contribution < 1.29 is 14.1 Å². The number of aliphatic hydroxyl groups excluding tert-OH is 1. The Balaban J connectivity index is 1.87. The number of carbonyl (C=O) groups is 1. The number of benzene rings is 2. The van der Waals surface area contributed by atoms with E-state index in [1.54, 1.807) is 24.3 Å². The fourth-order valence-electron chi connectivity index (χ4n) is 2.98. The van der Waals surface area contributed by atoms with Crippen molar-refractivity contribution in [1.29, 1.82) is 0 Å². The maximum absolute atomic E-state index is 12.6. The van der Waals surface area contributed by atoms with Gasteiger partial charge in [0.15, 0.2) is 0 Å². The minimum atomic E-state index is -1.20. The van der Waals surface area contributed by atoms with E-state index in [4.69, 9.17) is 0 Å². The lowest BCUT2D eigenvalue weighted by Crippen LogP contribution is -2.34. The van der Waals surface area contributed by atoms with Crippen LogP contribution in [0.15, 0.2) is 53.4 Å². The Bertz CT molecular complexity index is 759. The lowest BCUT2D eigenvalue weighted by Gasteiger charge is -2.19. The monoisotopic (exact) mass is 329 g/mol. The maximum atomic E-state index is 12.6. The van der Waals surface area contributed by atoms with Gasteiger partial charge in [0, 0.05) is 12.2 Å². The van der Waals surface area contributed by atoms with Crippen LogP contribution < -0.4 is 5.32 Å². The summed E-state index contributed by atoms with van der Waals surface area (Å²) in [4.78, 5) is 13.2. The molecule has 0 heterocycles. The molecule has 0 saturated carbocycles. The highest BCUT2D eigenvalue weighted by Crippen LogP contribution is 2.31. The van der Waals surface area contributed by atoms with Gasteiger partial charge in [-0.15, -0.1) is 0 Å². The molecule has 120 valence electrons. The molecule has 0 bridgehead atoms. The predicted octanol–water partition coefficient (Wildman–Crippen LogP) is 2.20. The Morgan fingerprint density at radius 1 is 1.22 bits per heavy atom. The number of amides is 1. The second-order valence-electron chi connectivity index (χ2n) is 5.55. The average molecular weight is 329 g/mol. The number of fused-ring (bicyclic) bond motifs is 1. The molecule has 0 radical (unpaired) electrons. The standard InChI is InChI=1S/C18H19NO3S/c1-2-23(22)16-10-6-5-9-14(16)18(21)19-17-13-8-4-3-7-12(13)11-15(17)20/h3-10,15,17,20H,2,11H2,1H3,(H,19,21)/t15-,17+,23+/m0/s1. The molecule has 1 aliphatic carbocycles. The first-order valence-corrected chi connectivity index (χ1v) is 8.98. The molecule has 3 atom stereocenters. The second kappa shape index (κ2) is 6.64. The molecule has 0 fully saturated rings. The minimum absolute atomic E-state index is 0.303. The predicted molar refractivity (Wildman–Crippen MR) is 89.8 cm³/mol. The van der Waals surface area contributed by atoms with E-state index in [-0.39, 0.29) is 5.91 Å². The summed E-state index contributed by atoms with van der Waals surface area (Å²) in [6.45, 7) is 1.82. The van der Waals surface area contributed by atoms with Gasteiger partial charge >= 0.3 is 0 Å². The topological polar surface area (TPSA) is 66.4 Å². The van der Waals surface area contributed by atoms with Gasteiger partial charge in [-0.2, -0.15) is 0 Å². The SMILES string of the molecule is CC[S@@](=O)c1ccccc1C(=O)N[C@@H]1c2ccccc2C[C@@H]1O. The molecule has 4 nitrogen and oxygen atoms in total. The van der Waals surface area contributed by atoms with Gasteiger partial charge in [0.25, 0.3) is 5.91 Å².